The summed E-state index contributed by atoms with van der Waals surface area (Å²) >= 11 is 0. The summed E-state index contributed by atoms with van der Waals surface area (Å²) in [5, 5.41) is 0. The quantitative estimate of drug-likeness (QED) is 0.419. The van der Waals surface area contributed by atoms with Crippen LogP contribution < -0.4 is 0 Å². The van der Waals surface area contributed by atoms with Crippen molar-refractivity contribution < 1.29 is 9.53 Å². The molecule has 190 valence electrons. The first-order valence-corrected chi connectivity index (χ1v) is 13.9. The second-order valence-electron chi connectivity index (χ2n) is 12.7. The molecule has 0 radical (unpaired) electrons. The zero-order valence-corrected chi connectivity index (χ0v) is 22.6. The molecule has 0 aromatic carbocycles. The van der Waals surface area contributed by atoms with E-state index in [9.17, 15) is 4.79 Å². The lowest BCUT2D eigenvalue weighted by atomic mass is 9.47. The van der Waals surface area contributed by atoms with Crippen LogP contribution in [0.1, 0.15) is 92.1 Å². The monoisotopic (exact) mass is 476 g/mol. The van der Waals surface area contributed by atoms with E-state index >= 15 is 0 Å². The van der Waals surface area contributed by atoms with E-state index in [0.717, 1.165) is 31.1 Å². The molecule has 4 nitrogen and oxygen atoms in total. The van der Waals surface area contributed by atoms with Crippen LogP contribution in [0.25, 0.3) is 5.57 Å². The first-order valence-electron chi connectivity index (χ1n) is 13.9. The molecule has 0 bridgehead atoms. The van der Waals surface area contributed by atoms with Crippen LogP contribution in [0.15, 0.2) is 42.3 Å². The standard InChI is InChI=1S/C31H44N2O2/c1-20(2)33(21(3)4)29(34)35-24-13-15-30(5)23(18-24)9-10-25-27-12-11-26(22-8-7-17-32-19-22)31(27,6)16-14-28(25)30/h7-9,11,17,19-21,24-25,27-28H,10,12-16,18H2,1-6H3. The number of fused-ring (bicyclic) bond motifs is 5. The van der Waals surface area contributed by atoms with Gasteiger partial charge in [0.25, 0.3) is 0 Å². The molecule has 1 amide bonds. The van der Waals surface area contributed by atoms with Gasteiger partial charge in [-0.3, -0.25) is 4.98 Å². The Kier molecular flexibility index (Phi) is 6.38. The lowest BCUT2D eigenvalue weighted by molar-refractivity contribution is -0.0313. The van der Waals surface area contributed by atoms with Crippen molar-refractivity contribution in [3.05, 3.63) is 47.8 Å². The van der Waals surface area contributed by atoms with E-state index in [1.807, 2.05) is 17.3 Å². The molecule has 35 heavy (non-hydrogen) atoms. The van der Waals surface area contributed by atoms with Crippen molar-refractivity contribution in [3.63, 3.8) is 0 Å². The highest BCUT2D eigenvalue weighted by molar-refractivity contribution is 5.72. The Morgan fingerprint density at radius 2 is 1.77 bits per heavy atom. The fourth-order valence-electron chi connectivity index (χ4n) is 8.49. The van der Waals surface area contributed by atoms with Gasteiger partial charge in [0, 0.05) is 30.9 Å². The van der Waals surface area contributed by atoms with E-state index < -0.39 is 0 Å². The number of carbonyl (C=O) groups excluding carboxylic acids is 1. The number of nitrogens with zero attached hydrogens (tertiary/aromatic N) is 2. The van der Waals surface area contributed by atoms with Crippen molar-refractivity contribution in [1.29, 1.82) is 0 Å². The van der Waals surface area contributed by atoms with Crippen LogP contribution in [0.3, 0.4) is 0 Å². The average molecular weight is 477 g/mol. The Hall–Kier alpha value is -2.10. The van der Waals surface area contributed by atoms with Crippen molar-refractivity contribution >= 4 is 11.7 Å². The minimum Gasteiger partial charge on any atom is -0.446 e. The smallest absolute Gasteiger partial charge is 0.410 e. The average Bonchev–Trinajstić information content (AvgIpc) is 3.16. The molecule has 1 heterocycles. The molecular weight excluding hydrogens is 432 g/mol. The molecular formula is C31H44N2O2. The molecule has 2 fully saturated rings. The van der Waals surface area contributed by atoms with Crippen molar-refractivity contribution in [1.82, 2.24) is 9.88 Å². The van der Waals surface area contributed by atoms with Gasteiger partial charge in [0.2, 0.25) is 0 Å². The van der Waals surface area contributed by atoms with Crippen LogP contribution in [0.5, 0.6) is 0 Å². The van der Waals surface area contributed by atoms with Gasteiger partial charge in [0.15, 0.2) is 0 Å². The van der Waals surface area contributed by atoms with Gasteiger partial charge in [0.1, 0.15) is 6.10 Å². The Morgan fingerprint density at radius 1 is 1.03 bits per heavy atom. The zero-order valence-electron chi connectivity index (χ0n) is 22.6. The van der Waals surface area contributed by atoms with Crippen molar-refractivity contribution in [2.45, 2.75) is 105 Å². The summed E-state index contributed by atoms with van der Waals surface area (Å²) in [5.74, 6) is 2.19. The van der Waals surface area contributed by atoms with Crippen LogP contribution in [-0.4, -0.2) is 34.2 Å². The number of carbonyl (C=O) groups is 1. The molecule has 1 aromatic rings. The molecule has 0 saturated heterocycles. The van der Waals surface area contributed by atoms with Crippen molar-refractivity contribution in [3.8, 4) is 0 Å². The summed E-state index contributed by atoms with van der Waals surface area (Å²) in [4.78, 5) is 19.2. The lowest BCUT2D eigenvalue weighted by Gasteiger charge is -2.58. The molecule has 4 aliphatic carbocycles. The van der Waals surface area contributed by atoms with Gasteiger partial charge in [0.05, 0.1) is 0 Å². The number of amides is 1. The third kappa shape index (κ3) is 4.05. The van der Waals surface area contributed by atoms with Gasteiger partial charge in [-0.1, -0.05) is 37.6 Å². The maximum Gasteiger partial charge on any atom is 0.410 e. The van der Waals surface area contributed by atoms with Crippen LogP contribution in [0, 0.1) is 28.6 Å². The molecule has 0 N–H and O–H groups in total. The van der Waals surface area contributed by atoms with Gasteiger partial charge >= 0.3 is 6.09 Å². The number of ether oxygens (including phenoxy) is 1. The first kappa shape index (κ1) is 24.6. The summed E-state index contributed by atoms with van der Waals surface area (Å²) in [6.07, 6.45) is 16.8. The molecule has 6 unspecified atom stereocenters. The van der Waals surface area contributed by atoms with Crippen LogP contribution in [0.2, 0.25) is 0 Å². The normalized spacial score (nSPS) is 36.1. The minimum absolute atomic E-state index is 0.0116. The highest BCUT2D eigenvalue weighted by atomic mass is 16.6. The number of allylic oxidation sites excluding steroid dienone is 3. The Balaban J connectivity index is 1.32. The Morgan fingerprint density at radius 3 is 2.46 bits per heavy atom. The second-order valence-corrected chi connectivity index (χ2v) is 12.7. The van der Waals surface area contributed by atoms with E-state index in [1.54, 1.807) is 5.57 Å². The molecule has 0 aliphatic heterocycles. The van der Waals surface area contributed by atoms with Gasteiger partial charge < -0.3 is 9.64 Å². The van der Waals surface area contributed by atoms with Crippen molar-refractivity contribution in [2.24, 2.45) is 28.6 Å². The van der Waals surface area contributed by atoms with Crippen LogP contribution >= 0.6 is 0 Å². The summed E-state index contributed by atoms with van der Waals surface area (Å²) in [6.45, 7) is 13.3. The van der Waals surface area contributed by atoms with Crippen LogP contribution in [-0.2, 0) is 4.74 Å². The van der Waals surface area contributed by atoms with E-state index in [0.29, 0.717) is 5.92 Å². The number of hydrogen-bond donors (Lipinski definition) is 0. The predicted octanol–water partition coefficient (Wildman–Crippen LogP) is 7.66. The van der Waals surface area contributed by atoms with Crippen LogP contribution in [0.4, 0.5) is 4.79 Å². The molecule has 6 atom stereocenters. The molecule has 0 spiro atoms. The highest BCUT2D eigenvalue weighted by Gasteiger charge is 2.57. The van der Waals surface area contributed by atoms with E-state index in [1.165, 1.54) is 36.8 Å². The number of pyridine rings is 1. The van der Waals surface area contributed by atoms with Gasteiger partial charge in [-0.25, -0.2) is 4.79 Å². The number of rotatable bonds is 4. The molecule has 2 saturated carbocycles. The van der Waals surface area contributed by atoms with Crippen molar-refractivity contribution in [2.75, 3.05) is 0 Å². The predicted molar refractivity (Wildman–Crippen MR) is 142 cm³/mol. The molecule has 5 rings (SSSR count). The summed E-state index contributed by atoms with van der Waals surface area (Å²) in [6, 6.07) is 4.61. The third-order valence-corrected chi connectivity index (χ3v) is 10.2. The van der Waals surface area contributed by atoms with Gasteiger partial charge in [-0.05, 0) is 112 Å². The molecule has 4 heteroatoms. The topological polar surface area (TPSA) is 42.4 Å². The second kappa shape index (κ2) is 9.09. The lowest BCUT2D eigenvalue weighted by Crippen LogP contribution is -2.50. The largest absolute Gasteiger partial charge is 0.446 e. The Labute approximate surface area is 212 Å². The minimum atomic E-state index is -0.147. The van der Waals surface area contributed by atoms with Gasteiger partial charge in [-0.15, -0.1) is 0 Å². The zero-order chi connectivity index (χ0) is 25.0. The van der Waals surface area contributed by atoms with E-state index in [-0.39, 0.29) is 35.1 Å². The SMILES string of the molecule is CC(C)N(C(=O)OC1CCC2(C)C(=CCC3C2CCC2(C)C(c4cccnc4)=CCC32)C1)C(C)C. The maximum absolute atomic E-state index is 12.9. The first-order chi connectivity index (χ1) is 16.6. The summed E-state index contributed by atoms with van der Waals surface area (Å²) in [5.41, 5.74) is 4.92. The highest BCUT2D eigenvalue weighted by Crippen LogP contribution is 2.66. The Bertz CT molecular complexity index is 1000. The number of aromatic nitrogens is 1. The summed E-state index contributed by atoms with van der Waals surface area (Å²) in [7, 11) is 0. The van der Waals surface area contributed by atoms with E-state index in [4.69, 9.17) is 4.74 Å². The fraction of sp³-hybridized carbons (Fsp3) is 0.677. The van der Waals surface area contributed by atoms with Gasteiger partial charge in [-0.2, -0.15) is 0 Å². The maximum atomic E-state index is 12.9. The van der Waals surface area contributed by atoms with E-state index in [2.05, 4.69) is 70.8 Å². The molecule has 4 aliphatic rings. The summed E-state index contributed by atoms with van der Waals surface area (Å²) < 4.78 is 6.09. The number of hydrogen-bond acceptors (Lipinski definition) is 3. The fourth-order valence-corrected chi connectivity index (χ4v) is 8.49. The third-order valence-electron chi connectivity index (χ3n) is 10.2. The molecule has 1 aromatic heterocycles.